The molecule has 0 aliphatic rings. The van der Waals surface area contributed by atoms with Crippen LogP contribution in [0, 0.1) is 0 Å². The van der Waals surface area contributed by atoms with E-state index in [2.05, 4.69) is 9.97 Å². The van der Waals surface area contributed by atoms with Gasteiger partial charge in [-0.25, -0.2) is 4.79 Å². The number of hydrogen-bond acceptors (Lipinski definition) is 2. The fourth-order valence-electron chi connectivity index (χ4n) is 2.55. The second-order valence-corrected chi connectivity index (χ2v) is 4.84. The lowest BCUT2D eigenvalue weighted by molar-refractivity contribution is 0.0738. The highest BCUT2D eigenvalue weighted by Crippen LogP contribution is 2.25. The molecule has 0 aliphatic heterocycles. The molecule has 0 aliphatic carbocycles. The van der Waals surface area contributed by atoms with Gasteiger partial charge in [0.05, 0.1) is 16.6 Å². The Bertz CT molecular complexity index is 955. The smallest absolute Gasteiger partial charge is 0.345 e. The van der Waals surface area contributed by atoms with Crippen LogP contribution in [0.25, 0.3) is 21.8 Å². The summed E-state index contributed by atoms with van der Waals surface area (Å²) in [6.45, 7) is 0. The second kappa shape index (κ2) is 5.58. The molecule has 0 radical (unpaired) electrons. The number of aromatic amines is 2. The van der Waals surface area contributed by atoms with Crippen molar-refractivity contribution in [3.63, 3.8) is 0 Å². The van der Waals surface area contributed by atoms with Crippen molar-refractivity contribution >= 4 is 40.2 Å². The van der Waals surface area contributed by atoms with Crippen LogP contribution in [0.5, 0.6) is 5.75 Å². The van der Waals surface area contributed by atoms with Gasteiger partial charge < -0.3 is 14.7 Å². The Labute approximate surface area is 132 Å². The van der Waals surface area contributed by atoms with Crippen LogP contribution in [0.1, 0.15) is 10.4 Å². The maximum atomic E-state index is 12.4. The Hall–Kier alpha value is -2.72. The van der Waals surface area contributed by atoms with E-state index in [0.717, 1.165) is 21.8 Å². The van der Waals surface area contributed by atoms with E-state index in [4.69, 9.17) is 4.74 Å². The van der Waals surface area contributed by atoms with Crippen LogP contribution in [-0.4, -0.2) is 15.9 Å². The molecule has 0 bridgehead atoms. The highest BCUT2D eigenvalue weighted by Gasteiger charge is 2.14. The number of ether oxygens (including phenoxy) is 1. The van der Waals surface area contributed by atoms with Gasteiger partial charge in [0.2, 0.25) is 0 Å². The molecule has 0 unspecified atom stereocenters. The van der Waals surface area contributed by atoms with Crippen LogP contribution in [0.2, 0.25) is 0 Å². The zero-order valence-corrected chi connectivity index (χ0v) is 12.3. The summed E-state index contributed by atoms with van der Waals surface area (Å²) in [5.74, 6) is 0.163. The minimum absolute atomic E-state index is 0. The van der Waals surface area contributed by atoms with Gasteiger partial charge in [0.25, 0.3) is 0 Å². The SMILES string of the molecule is Cl.O=C(Oc1cccc2cc[nH]c12)c1cccc2cc[nH]c12. The first-order valence-electron chi connectivity index (χ1n) is 6.67. The number of halogens is 1. The van der Waals surface area contributed by atoms with Gasteiger partial charge >= 0.3 is 5.97 Å². The van der Waals surface area contributed by atoms with Crippen LogP contribution in [-0.2, 0) is 0 Å². The third-order valence-corrected chi connectivity index (χ3v) is 3.56. The number of esters is 1. The van der Waals surface area contributed by atoms with E-state index in [1.807, 2.05) is 48.8 Å². The third kappa shape index (κ3) is 2.23. The average molecular weight is 313 g/mol. The fourth-order valence-corrected chi connectivity index (χ4v) is 2.55. The quantitative estimate of drug-likeness (QED) is 0.428. The maximum Gasteiger partial charge on any atom is 0.345 e. The molecule has 2 aromatic carbocycles. The molecular formula is C17H13ClN2O2. The zero-order chi connectivity index (χ0) is 14.2. The van der Waals surface area contributed by atoms with Gasteiger partial charge in [0.15, 0.2) is 5.75 Å². The van der Waals surface area contributed by atoms with Gasteiger partial charge in [-0.3, -0.25) is 0 Å². The summed E-state index contributed by atoms with van der Waals surface area (Å²) in [5.41, 5.74) is 2.15. The van der Waals surface area contributed by atoms with Gasteiger partial charge in [-0.2, -0.15) is 0 Å². The number of benzene rings is 2. The number of fused-ring (bicyclic) bond motifs is 2. The van der Waals surface area contributed by atoms with E-state index in [-0.39, 0.29) is 18.4 Å². The largest absolute Gasteiger partial charge is 0.421 e. The minimum Gasteiger partial charge on any atom is -0.421 e. The molecule has 2 heterocycles. The van der Waals surface area contributed by atoms with Crippen molar-refractivity contribution in [2.24, 2.45) is 0 Å². The topological polar surface area (TPSA) is 57.9 Å². The monoisotopic (exact) mass is 312 g/mol. The number of carbonyl (C=O) groups is 1. The highest BCUT2D eigenvalue weighted by atomic mass is 35.5. The maximum absolute atomic E-state index is 12.4. The molecule has 22 heavy (non-hydrogen) atoms. The number of H-pyrrole nitrogens is 2. The van der Waals surface area contributed by atoms with Crippen molar-refractivity contribution in [3.05, 3.63) is 66.5 Å². The molecular weight excluding hydrogens is 300 g/mol. The summed E-state index contributed by atoms with van der Waals surface area (Å²) in [6, 6.07) is 15.1. The summed E-state index contributed by atoms with van der Waals surface area (Å²) in [6.07, 6.45) is 3.64. The second-order valence-electron chi connectivity index (χ2n) is 4.84. The molecule has 0 saturated heterocycles. The van der Waals surface area contributed by atoms with E-state index in [9.17, 15) is 4.79 Å². The number of aromatic nitrogens is 2. The lowest BCUT2D eigenvalue weighted by Gasteiger charge is -2.06. The summed E-state index contributed by atoms with van der Waals surface area (Å²) in [5, 5.41) is 2.00. The lowest BCUT2D eigenvalue weighted by Crippen LogP contribution is -2.09. The highest BCUT2D eigenvalue weighted by molar-refractivity contribution is 6.04. The molecule has 0 spiro atoms. The number of nitrogens with one attached hydrogen (secondary N) is 2. The molecule has 0 fully saturated rings. The van der Waals surface area contributed by atoms with Crippen molar-refractivity contribution in [2.45, 2.75) is 0 Å². The van der Waals surface area contributed by atoms with E-state index in [1.165, 1.54) is 0 Å². The Morgan fingerprint density at radius 3 is 2.23 bits per heavy atom. The van der Waals surface area contributed by atoms with Crippen LogP contribution >= 0.6 is 12.4 Å². The molecule has 2 N–H and O–H groups in total. The molecule has 5 heteroatoms. The van der Waals surface area contributed by atoms with Crippen LogP contribution in [0.4, 0.5) is 0 Å². The summed E-state index contributed by atoms with van der Waals surface area (Å²) < 4.78 is 5.56. The Kier molecular flexibility index (Phi) is 3.61. The van der Waals surface area contributed by atoms with Gasteiger partial charge in [-0.15, -0.1) is 12.4 Å². The van der Waals surface area contributed by atoms with Crippen molar-refractivity contribution in [3.8, 4) is 5.75 Å². The Morgan fingerprint density at radius 2 is 1.45 bits per heavy atom. The standard InChI is InChI=1S/C17H12N2O2.ClH/c20-17(13-5-1-3-11-7-9-18-15(11)13)21-14-6-2-4-12-8-10-19-16(12)14;/h1-10,18-19H;1H. The van der Waals surface area contributed by atoms with Crippen molar-refractivity contribution < 1.29 is 9.53 Å². The first-order chi connectivity index (χ1) is 10.3. The molecule has 2 aromatic heterocycles. The van der Waals surface area contributed by atoms with Crippen LogP contribution in [0.15, 0.2) is 60.9 Å². The molecule has 0 amide bonds. The lowest BCUT2D eigenvalue weighted by atomic mass is 10.1. The first-order valence-corrected chi connectivity index (χ1v) is 6.67. The Morgan fingerprint density at radius 1 is 0.818 bits per heavy atom. The fraction of sp³-hybridized carbons (Fsp3) is 0. The average Bonchev–Trinajstić information content (AvgIpc) is 3.15. The van der Waals surface area contributed by atoms with Crippen LogP contribution < -0.4 is 4.74 Å². The predicted octanol–water partition coefficient (Wildman–Crippen LogP) is 4.29. The predicted molar refractivity (Wildman–Crippen MR) is 88.8 cm³/mol. The number of rotatable bonds is 2. The van der Waals surface area contributed by atoms with Crippen molar-refractivity contribution in [1.29, 1.82) is 0 Å². The van der Waals surface area contributed by atoms with Crippen molar-refractivity contribution in [1.82, 2.24) is 9.97 Å². The van der Waals surface area contributed by atoms with Gasteiger partial charge in [-0.1, -0.05) is 24.3 Å². The summed E-state index contributed by atoms with van der Waals surface area (Å²) >= 11 is 0. The summed E-state index contributed by atoms with van der Waals surface area (Å²) in [7, 11) is 0. The van der Waals surface area contributed by atoms with E-state index < -0.39 is 0 Å². The molecule has 4 aromatic rings. The molecule has 4 nitrogen and oxygen atoms in total. The van der Waals surface area contributed by atoms with Crippen LogP contribution in [0.3, 0.4) is 0 Å². The normalized spacial score (nSPS) is 10.5. The van der Waals surface area contributed by atoms with Crippen molar-refractivity contribution in [2.75, 3.05) is 0 Å². The van der Waals surface area contributed by atoms with Gasteiger partial charge in [0.1, 0.15) is 0 Å². The minimum atomic E-state index is -0.370. The van der Waals surface area contributed by atoms with E-state index >= 15 is 0 Å². The van der Waals surface area contributed by atoms with E-state index in [0.29, 0.717) is 11.3 Å². The third-order valence-electron chi connectivity index (χ3n) is 3.56. The molecule has 0 atom stereocenters. The summed E-state index contributed by atoms with van der Waals surface area (Å²) in [4.78, 5) is 18.6. The van der Waals surface area contributed by atoms with E-state index in [1.54, 1.807) is 12.1 Å². The zero-order valence-electron chi connectivity index (χ0n) is 11.5. The first kappa shape index (κ1) is 14.2. The molecule has 4 rings (SSSR count). The molecule has 0 saturated carbocycles. The van der Waals surface area contributed by atoms with Gasteiger partial charge in [-0.05, 0) is 24.3 Å². The van der Waals surface area contributed by atoms with Gasteiger partial charge in [0, 0.05) is 23.2 Å². The number of hydrogen-bond donors (Lipinski definition) is 2. The number of para-hydroxylation sites is 2. The Balaban J connectivity index is 0.00000144. The molecule has 110 valence electrons. The number of carbonyl (C=O) groups excluding carboxylic acids is 1.